The van der Waals surface area contributed by atoms with Crippen molar-refractivity contribution in [3.8, 4) is 0 Å². The molecule has 0 saturated carbocycles. The Kier molecular flexibility index (Phi) is 4.82. The van der Waals surface area contributed by atoms with Crippen molar-refractivity contribution in [2.24, 2.45) is 0 Å². The van der Waals surface area contributed by atoms with Crippen LogP contribution in [0.5, 0.6) is 0 Å². The monoisotopic (exact) mass is 278 g/mol. The van der Waals surface area contributed by atoms with E-state index in [0.717, 1.165) is 18.1 Å². The Morgan fingerprint density at radius 1 is 1.10 bits per heavy atom. The maximum absolute atomic E-state index is 13.6. The lowest BCUT2D eigenvalue weighted by atomic mass is 9.99. The summed E-state index contributed by atoms with van der Waals surface area (Å²) in [6.07, 6.45) is -0.413. The highest BCUT2D eigenvalue weighted by atomic mass is 19.2. The number of aliphatic hydroxyl groups is 1. The zero-order valence-electron chi connectivity index (χ0n) is 11.1. The van der Waals surface area contributed by atoms with Crippen LogP contribution in [0.4, 0.5) is 8.78 Å². The standard InChI is InChI=1S/C16H16F2O2/c1-20-10-9-11-5-7-12(8-6-11)16(19)13-3-2-4-14(17)15(13)18/h2-8,16,19H,9-10H2,1H3. The molecule has 0 heterocycles. The van der Waals surface area contributed by atoms with Crippen LogP contribution in [0.2, 0.25) is 0 Å². The van der Waals surface area contributed by atoms with E-state index in [9.17, 15) is 13.9 Å². The summed E-state index contributed by atoms with van der Waals surface area (Å²) < 4.78 is 31.8. The van der Waals surface area contributed by atoms with Gasteiger partial charge in [0.1, 0.15) is 6.10 Å². The molecule has 0 aliphatic carbocycles. The van der Waals surface area contributed by atoms with Crippen molar-refractivity contribution in [3.05, 3.63) is 70.8 Å². The van der Waals surface area contributed by atoms with E-state index < -0.39 is 17.7 Å². The smallest absolute Gasteiger partial charge is 0.164 e. The molecular formula is C16H16F2O2. The van der Waals surface area contributed by atoms with Gasteiger partial charge in [0.25, 0.3) is 0 Å². The number of rotatable bonds is 5. The van der Waals surface area contributed by atoms with E-state index in [2.05, 4.69) is 0 Å². The van der Waals surface area contributed by atoms with Crippen molar-refractivity contribution in [3.63, 3.8) is 0 Å². The van der Waals surface area contributed by atoms with Gasteiger partial charge in [-0.2, -0.15) is 0 Å². The number of ether oxygens (including phenoxy) is 1. The molecule has 0 fully saturated rings. The fourth-order valence-electron chi connectivity index (χ4n) is 2.00. The van der Waals surface area contributed by atoms with Crippen LogP contribution in [0.15, 0.2) is 42.5 Å². The van der Waals surface area contributed by atoms with Gasteiger partial charge in [-0.25, -0.2) is 8.78 Å². The first-order chi connectivity index (χ1) is 9.63. The molecule has 2 rings (SSSR count). The Morgan fingerprint density at radius 3 is 2.45 bits per heavy atom. The Balaban J connectivity index is 2.20. The van der Waals surface area contributed by atoms with E-state index in [-0.39, 0.29) is 5.56 Å². The van der Waals surface area contributed by atoms with Crippen LogP contribution in [0.1, 0.15) is 22.8 Å². The van der Waals surface area contributed by atoms with Gasteiger partial charge < -0.3 is 9.84 Å². The SMILES string of the molecule is COCCc1ccc(C(O)c2cccc(F)c2F)cc1. The van der Waals surface area contributed by atoms with Gasteiger partial charge in [-0.1, -0.05) is 36.4 Å². The molecule has 20 heavy (non-hydrogen) atoms. The zero-order valence-corrected chi connectivity index (χ0v) is 11.1. The first-order valence-corrected chi connectivity index (χ1v) is 6.33. The van der Waals surface area contributed by atoms with E-state index >= 15 is 0 Å². The van der Waals surface area contributed by atoms with Gasteiger partial charge in [0, 0.05) is 12.7 Å². The summed E-state index contributed by atoms with van der Waals surface area (Å²) in [6, 6.07) is 10.9. The van der Waals surface area contributed by atoms with E-state index in [4.69, 9.17) is 4.74 Å². The molecule has 0 spiro atoms. The van der Waals surface area contributed by atoms with Crippen LogP contribution >= 0.6 is 0 Å². The summed E-state index contributed by atoms with van der Waals surface area (Å²) in [5.41, 5.74) is 1.52. The average molecular weight is 278 g/mol. The van der Waals surface area contributed by atoms with Crippen molar-refractivity contribution in [1.29, 1.82) is 0 Å². The summed E-state index contributed by atoms with van der Waals surface area (Å²) in [5.74, 6) is -1.97. The number of halogens is 2. The number of hydrogen-bond acceptors (Lipinski definition) is 2. The minimum absolute atomic E-state index is 0.0605. The maximum Gasteiger partial charge on any atom is 0.164 e. The molecule has 0 amide bonds. The molecule has 2 aromatic rings. The first-order valence-electron chi connectivity index (χ1n) is 6.33. The summed E-state index contributed by atoms with van der Waals surface area (Å²) in [7, 11) is 1.63. The van der Waals surface area contributed by atoms with Gasteiger partial charge in [0.2, 0.25) is 0 Å². The van der Waals surface area contributed by atoms with Gasteiger partial charge in [0.15, 0.2) is 11.6 Å². The molecule has 0 aliphatic heterocycles. The maximum atomic E-state index is 13.6. The normalized spacial score (nSPS) is 12.4. The molecule has 0 saturated heterocycles. The largest absolute Gasteiger partial charge is 0.384 e. The van der Waals surface area contributed by atoms with Gasteiger partial charge in [0.05, 0.1) is 6.61 Å². The number of methoxy groups -OCH3 is 1. The van der Waals surface area contributed by atoms with Crippen LogP contribution in [-0.2, 0) is 11.2 Å². The highest BCUT2D eigenvalue weighted by Crippen LogP contribution is 2.25. The second-order valence-electron chi connectivity index (χ2n) is 4.53. The van der Waals surface area contributed by atoms with Crippen LogP contribution in [0, 0.1) is 11.6 Å². The third-order valence-electron chi connectivity index (χ3n) is 3.17. The molecule has 0 aliphatic rings. The van der Waals surface area contributed by atoms with Gasteiger partial charge >= 0.3 is 0 Å². The van der Waals surface area contributed by atoms with E-state index in [1.54, 1.807) is 19.2 Å². The van der Waals surface area contributed by atoms with Gasteiger partial charge in [-0.3, -0.25) is 0 Å². The van der Waals surface area contributed by atoms with Crippen molar-refractivity contribution in [1.82, 2.24) is 0 Å². The Bertz CT molecular complexity index is 567. The summed E-state index contributed by atoms with van der Waals surface area (Å²) in [4.78, 5) is 0. The van der Waals surface area contributed by atoms with Crippen LogP contribution in [-0.4, -0.2) is 18.8 Å². The third-order valence-corrected chi connectivity index (χ3v) is 3.17. The molecule has 0 radical (unpaired) electrons. The quantitative estimate of drug-likeness (QED) is 0.910. The number of benzene rings is 2. The van der Waals surface area contributed by atoms with Crippen molar-refractivity contribution in [2.75, 3.05) is 13.7 Å². The highest BCUT2D eigenvalue weighted by Gasteiger charge is 2.17. The second-order valence-corrected chi connectivity index (χ2v) is 4.53. The lowest BCUT2D eigenvalue weighted by Crippen LogP contribution is -2.04. The van der Waals surface area contributed by atoms with Crippen LogP contribution < -0.4 is 0 Å². The molecular weight excluding hydrogens is 262 g/mol. The second kappa shape index (κ2) is 6.59. The average Bonchev–Trinajstić information content (AvgIpc) is 2.48. The highest BCUT2D eigenvalue weighted by molar-refractivity contribution is 5.33. The summed E-state index contributed by atoms with van der Waals surface area (Å²) in [6.45, 7) is 0.612. The van der Waals surface area contributed by atoms with E-state index in [1.807, 2.05) is 12.1 Å². The Morgan fingerprint density at radius 2 is 1.80 bits per heavy atom. The minimum Gasteiger partial charge on any atom is -0.384 e. The molecule has 0 aromatic heterocycles. The predicted molar refractivity (Wildman–Crippen MR) is 72.4 cm³/mol. The van der Waals surface area contributed by atoms with Gasteiger partial charge in [-0.15, -0.1) is 0 Å². The van der Waals surface area contributed by atoms with E-state index in [1.165, 1.54) is 12.1 Å². The molecule has 1 N–H and O–H groups in total. The fraction of sp³-hybridized carbons (Fsp3) is 0.250. The van der Waals surface area contributed by atoms with Crippen molar-refractivity contribution in [2.45, 2.75) is 12.5 Å². The topological polar surface area (TPSA) is 29.5 Å². The van der Waals surface area contributed by atoms with Crippen LogP contribution in [0.25, 0.3) is 0 Å². The molecule has 106 valence electrons. The molecule has 2 nitrogen and oxygen atoms in total. The number of aliphatic hydroxyl groups excluding tert-OH is 1. The number of hydrogen-bond donors (Lipinski definition) is 1. The molecule has 1 atom stereocenters. The molecule has 0 bridgehead atoms. The first kappa shape index (κ1) is 14.6. The Labute approximate surface area is 116 Å². The predicted octanol–water partition coefficient (Wildman–Crippen LogP) is 3.24. The zero-order chi connectivity index (χ0) is 14.5. The van der Waals surface area contributed by atoms with Crippen molar-refractivity contribution >= 4 is 0 Å². The lowest BCUT2D eigenvalue weighted by molar-refractivity contribution is 0.202. The molecule has 4 heteroatoms. The van der Waals surface area contributed by atoms with E-state index in [0.29, 0.717) is 12.2 Å². The lowest BCUT2D eigenvalue weighted by Gasteiger charge is -2.13. The Hall–Kier alpha value is -1.78. The molecule has 2 aromatic carbocycles. The van der Waals surface area contributed by atoms with Crippen molar-refractivity contribution < 1.29 is 18.6 Å². The van der Waals surface area contributed by atoms with Crippen LogP contribution in [0.3, 0.4) is 0 Å². The molecule has 1 unspecified atom stereocenters. The van der Waals surface area contributed by atoms with Gasteiger partial charge in [-0.05, 0) is 23.6 Å². The minimum atomic E-state index is -1.18. The third kappa shape index (κ3) is 3.21. The summed E-state index contributed by atoms with van der Waals surface area (Å²) in [5, 5.41) is 10.1. The fourth-order valence-corrected chi connectivity index (χ4v) is 2.00. The summed E-state index contributed by atoms with van der Waals surface area (Å²) >= 11 is 0.